The van der Waals surface area contributed by atoms with Crippen LogP contribution in [0.3, 0.4) is 0 Å². The maximum absolute atomic E-state index is 12.9. The van der Waals surface area contributed by atoms with E-state index in [0.717, 1.165) is 77.0 Å². The second-order valence-electron chi connectivity index (χ2n) is 19.5. The maximum atomic E-state index is 12.9. The van der Waals surface area contributed by atoms with Crippen LogP contribution in [0.4, 0.5) is 0 Å². The number of ether oxygens (including phenoxy) is 3. The molecule has 390 valence electrons. The minimum atomic E-state index is -0.781. The standard InChI is InChI=1S/C61H110O6/c1-4-7-10-13-16-19-22-25-28-30-33-36-39-42-45-48-51-54-60(63)66-57-58(56-65-59(62)53-50-47-44-41-38-35-32-27-24-21-18-15-12-9-6-3)67-61(64)55-52-49-46-43-40-37-34-31-29-26-23-20-17-14-11-8-5-2/h16,19,25-29,32,58H,4-15,17-18,20-24,30-31,33-57H2,1-3H3/b19-16-,28-25-,29-26-,32-27-. The summed E-state index contributed by atoms with van der Waals surface area (Å²) in [6, 6.07) is 0. The molecule has 0 fully saturated rings. The van der Waals surface area contributed by atoms with Crippen LogP contribution in [0.2, 0.25) is 0 Å². The van der Waals surface area contributed by atoms with Gasteiger partial charge in [-0.05, 0) is 103 Å². The summed E-state index contributed by atoms with van der Waals surface area (Å²) >= 11 is 0. The lowest BCUT2D eigenvalue weighted by molar-refractivity contribution is -0.167. The molecular weight excluding hydrogens is 829 g/mol. The lowest BCUT2D eigenvalue weighted by Crippen LogP contribution is -2.30. The molecule has 6 nitrogen and oxygen atoms in total. The third kappa shape index (κ3) is 54.2. The van der Waals surface area contributed by atoms with Crippen molar-refractivity contribution in [3.8, 4) is 0 Å². The second kappa shape index (κ2) is 56.0. The third-order valence-corrected chi connectivity index (χ3v) is 12.8. The van der Waals surface area contributed by atoms with Crippen LogP contribution in [0.5, 0.6) is 0 Å². The summed E-state index contributed by atoms with van der Waals surface area (Å²) < 4.78 is 16.9. The van der Waals surface area contributed by atoms with Gasteiger partial charge in [-0.1, -0.05) is 230 Å². The fraction of sp³-hybridized carbons (Fsp3) is 0.820. The highest BCUT2D eigenvalue weighted by Crippen LogP contribution is 2.15. The first-order valence-corrected chi connectivity index (χ1v) is 29.1. The van der Waals surface area contributed by atoms with E-state index < -0.39 is 6.10 Å². The van der Waals surface area contributed by atoms with Crippen molar-refractivity contribution in [1.29, 1.82) is 0 Å². The third-order valence-electron chi connectivity index (χ3n) is 12.8. The Bertz CT molecular complexity index is 1170. The molecule has 0 bridgehead atoms. The van der Waals surface area contributed by atoms with Crippen molar-refractivity contribution in [3.05, 3.63) is 48.6 Å². The molecule has 0 N–H and O–H groups in total. The minimum absolute atomic E-state index is 0.0802. The first-order chi connectivity index (χ1) is 33.0. The van der Waals surface area contributed by atoms with Crippen LogP contribution in [0.15, 0.2) is 48.6 Å². The van der Waals surface area contributed by atoms with Crippen LogP contribution in [0, 0.1) is 0 Å². The van der Waals surface area contributed by atoms with E-state index in [1.807, 2.05) is 0 Å². The quantitative estimate of drug-likeness (QED) is 0.0262. The molecule has 0 aliphatic carbocycles. The minimum Gasteiger partial charge on any atom is -0.462 e. The van der Waals surface area contributed by atoms with E-state index in [2.05, 4.69) is 69.4 Å². The average molecular weight is 940 g/mol. The topological polar surface area (TPSA) is 78.9 Å². The zero-order valence-corrected chi connectivity index (χ0v) is 44.7. The molecule has 0 aliphatic heterocycles. The molecule has 6 heteroatoms. The molecule has 67 heavy (non-hydrogen) atoms. The Morgan fingerprint density at radius 3 is 0.866 bits per heavy atom. The van der Waals surface area contributed by atoms with Gasteiger partial charge in [0.25, 0.3) is 0 Å². The molecule has 1 unspecified atom stereocenters. The first-order valence-electron chi connectivity index (χ1n) is 29.1. The van der Waals surface area contributed by atoms with Gasteiger partial charge in [0.1, 0.15) is 13.2 Å². The van der Waals surface area contributed by atoms with Gasteiger partial charge in [0.05, 0.1) is 0 Å². The van der Waals surface area contributed by atoms with Crippen molar-refractivity contribution < 1.29 is 28.6 Å². The van der Waals surface area contributed by atoms with Gasteiger partial charge in [-0.25, -0.2) is 0 Å². The summed E-state index contributed by atoms with van der Waals surface area (Å²) in [5, 5.41) is 0. The van der Waals surface area contributed by atoms with Crippen LogP contribution in [-0.2, 0) is 28.6 Å². The molecule has 0 amide bonds. The lowest BCUT2D eigenvalue weighted by Gasteiger charge is -2.18. The molecule has 0 aromatic rings. The molecule has 1 atom stereocenters. The van der Waals surface area contributed by atoms with Crippen LogP contribution in [0.25, 0.3) is 0 Å². The van der Waals surface area contributed by atoms with Gasteiger partial charge in [0.2, 0.25) is 0 Å². The number of carbonyl (C=O) groups is 3. The summed E-state index contributed by atoms with van der Waals surface area (Å²) in [6.07, 6.45) is 68.1. The highest BCUT2D eigenvalue weighted by molar-refractivity contribution is 5.71. The zero-order chi connectivity index (χ0) is 48.6. The molecule has 0 spiro atoms. The summed E-state index contributed by atoms with van der Waals surface area (Å²) in [5.41, 5.74) is 0. The normalized spacial score (nSPS) is 12.3. The van der Waals surface area contributed by atoms with Crippen molar-refractivity contribution in [2.75, 3.05) is 13.2 Å². The Hall–Kier alpha value is -2.63. The summed E-state index contributed by atoms with van der Waals surface area (Å²) in [6.45, 7) is 6.62. The molecular formula is C61H110O6. The van der Waals surface area contributed by atoms with Crippen molar-refractivity contribution in [2.45, 2.75) is 309 Å². The fourth-order valence-corrected chi connectivity index (χ4v) is 8.35. The van der Waals surface area contributed by atoms with E-state index in [0.29, 0.717) is 19.3 Å². The summed E-state index contributed by atoms with van der Waals surface area (Å²) in [4.78, 5) is 38.2. The number of esters is 3. The summed E-state index contributed by atoms with van der Waals surface area (Å²) in [5.74, 6) is -0.887. The molecule has 0 aromatic carbocycles. The Morgan fingerprint density at radius 2 is 0.537 bits per heavy atom. The number of hydrogen-bond donors (Lipinski definition) is 0. The van der Waals surface area contributed by atoms with Gasteiger partial charge in [-0.15, -0.1) is 0 Å². The van der Waals surface area contributed by atoms with Gasteiger partial charge in [-0.3, -0.25) is 14.4 Å². The van der Waals surface area contributed by atoms with Gasteiger partial charge < -0.3 is 14.2 Å². The van der Waals surface area contributed by atoms with E-state index in [-0.39, 0.29) is 31.1 Å². The highest BCUT2D eigenvalue weighted by Gasteiger charge is 2.19. The highest BCUT2D eigenvalue weighted by atomic mass is 16.6. The van der Waals surface area contributed by atoms with Crippen LogP contribution < -0.4 is 0 Å². The first kappa shape index (κ1) is 64.4. The smallest absolute Gasteiger partial charge is 0.306 e. The maximum Gasteiger partial charge on any atom is 0.306 e. The van der Waals surface area contributed by atoms with Gasteiger partial charge >= 0.3 is 17.9 Å². The van der Waals surface area contributed by atoms with E-state index in [1.54, 1.807) is 0 Å². The Balaban J connectivity index is 4.39. The Kier molecular flexibility index (Phi) is 53.8. The predicted octanol–water partition coefficient (Wildman–Crippen LogP) is 19.4. The Morgan fingerprint density at radius 1 is 0.299 bits per heavy atom. The number of carbonyl (C=O) groups excluding carboxylic acids is 3. The molecule has 0 rings (SSSR count). The van der Waals surface area contributed by atoms with Crippen molar-refractivity contribution in [1.82, 2.24) is 0 Å². The monoisotopic (exact) mass is 939 g/mol. The molecule has 0 saturated carbocycles. The number of unbranched alkanes of at least 4 members (excludes halogenated alkanes) is 34. The number of rotatable bonds is 53. The summed E-state index contributed by atoms with van der Waals surface area (Å²) in [7, 11) is 0. The average Bonchev–Trinajstić information content (AvgIpc) is 3.33. The van der Waals surface area contributed by atoms with E-state index >= 15 is 0 Å². The van der Waals surface area contributed by atoms with Gasteiger partial charge in [0.15, 0.2) is 6.10 Å². The van der Waals surface area contributed by atoms with E-state index in [1.165, 1.54) is 186 Å². The van der Waals surface area contributed by atoms with Crippen molar-refractivity contribution >= 4 is 17.9 Å². The number of hydrogen-bond acceptors (Lipinski definition) is 6. The molecule has 0 aliphatic rings. The van der Waals surface area contributed by atoms with Gasteiger partial charge in [0, 0.05) is 19.3 Å². The second-order valence-corrected chi connectivity index (χ2v) is 19.5. The predicted molar refractivity (Wildman–Crippen MR) is 289 cm³/mol. The fourth-order valence-electron chi connectivity index (χ4n) is 8.35. The lowest BCUT2D eigenvalue weighted by atomic mass is 10.1. The van der Waals surface area contributed by atoms with E-state index in [4.69, 9.17) is 14.2 Å². The molecule has 0 aromatic heterocycles. The SMILES string of the molecule is CCCCC/C=C\C/C=C\CCCCCCCCCC(=O)OCC(COC(=O)CCCCCCC/C=C\CCCCCCCC)OC(=O)CCCCCCCCC/C=C\CCCCCCCC. The van der Waals surface area contributed by atoms with Crippen molar-refractivity contribution in [3.63, 3.8) is 0 Å². The van der Waals surface area contributed by atoms with Crippen LogP contribution in [-0.4, -0.2) is 37.2 Å². The zero-order valence-electron chi connectivity index (χ0n) is 44.7. The van der Waals surface area contributed by atoms with Crippen LogP contribution >= 0.6 is 0 Å². The molecule has 0 heterocycles. The van der Waals surface area contributed by atoms with Gasteiger partial charge in [-0.2, -0.15) is 0 Å². The number of allylic oxidation sites excluding steroid dienone is 8. The van der Waals surface area contributed by atoms with Crippen LogP contribution in [0.1, 0.15) is 303 Å². The largest absolute Gasteiger partial charge is 0.462 e. The Labute approximate surface area is 416 Å². The molecule has 0 radical (unpaired) electrons. The van der Waals surface area contributed by atoms with Crippen molar-refractivity contribution in [2.24, 2.45) is 0 Å². The molecule has 0 saturated heterocycles. The van der Waals surface area contributed by atoms with E-state index in [9.17, 15) is 14.4 Å².